The van der Waals surface area contributed by atoms with E-state index in [4.69, 9.17) is 80.5 Å². The number of aliphatic hydroxyl groups excluding tert-OH is 5. The summed E-state index contributed by atoms with van der Waals surface area (Å²) >= 11 is 0. The zero-order valence-electron chi connectivity index (χ0n) is 46.5. The topological polar surface area (TPSA) is 258 Å². The smallest absolute Gasteiger partial charge is 0.202 e. The van der Waals surface area contributed by atoms with E-state index in [1.807, 2.05) is 20.8 Å². The summed E-state index contributed by atoms with van der Waals surface area (Å²) in [5.41, 5.74) is 1.48. The normalized spacial score (nSPS) is 54.3. The van der Waals surface area contributed by atoms with Crippen LogP contribution in [0.2, 0.25) is 0 Å². The van der Waals surface area contributed by atoms with Crippen molar-refractivity contribution in [3.05, 3.63) is 23.2 Å². The van der Waals surface area contributed by atoms with Crippen molar-refractivity contribution in [3.63, 3.8) is 0 Å². The second kappa shape index (κ2) is 21.8. The Morgan fingerprint density at radius 2 is 1.32 bits per heavy atom. The van der Waals surface area contributed by atoms with Gasteiger partial charge in [0.1, 0.15) is 66.8 Å². The summed E-state index contributed by atoms with van der Waals surface area (Å²) in [6.07, 6.45) is -9.36. The van der Waals surface area contributed by atoms with E-state index in [0.29, 0.717) is 36.9 Å². The minimum absolute atomic E-state index is 0.00229. The molecule has 22 nitrogen and oxygen atoms in total. The molecular formula is C55H86O22. The van der Waals surface area contributed by atoms with Crippen LogP contribution in [0.4, 0.5) is 0 Å². The highest BCUT2D eigenvalue weighted by atomic mass is 16.8. The standard InChI is InChI=1S/C55H86O22/c1-24-44(32(61-8)19-37(66-24)70-29-14-16-52(5)28(18-29)12-13-31-30(52)15-17-53(6)49-36-23-65-54(49,7)77-55(31,53)76-36)72-38-20-33(62-9)45(25(2)67-38)73-39-21-34(63-10)46(26(3)68-39)74-51-43(60)48(64-11)47(27(4)69-51)75-50-42(59)41(58)40(57)35(22-56)71-50/h12,24-27,29-31,33-43,45-51,56-60H,13-23H2,1-11H3/t24?,25?,26?,27?,29-,30-,31+,33?,34?,35?,36+,37?,38?,39?,40?,41?,42?,43?,45?,46?,47?,48?,49-,50?,51?,52-,53+,54+,55-/m0/s1. The second-order valence-corrected chi connectivity index (χ2v) is 24.3. The van der Waals surface area contributed by atoms with Gasteiger partial charge in [-0.25, -0.2) is 0 Å². The van der Waals surface area contributed by atoms with E-state index in [-0.39, 0.29) is 41.3 Å². The highest BCUT2D eigenvalue weighted by Gasteiger charge is 2.83. The number of aliphatic hydroxyl groups is 5. The van der Waals surface area contributed by atoms with Gasteiger partial charge in [-0.15, -0.1) is 0 Å². The molecule has 9 fully saturated rings. The second-order valence-electron chi connectivity index (χ2n) is 24.3. The summed E-state index contributed by atoms with van der Waals surface area (Å²) in [4.78, 5) is 0. The molecule has 0 amide bonds. The number of hydrogen-bond acceptors (Lipinski definition) is 22. The maximum atomic E-state index is 11.5. The van der Waals surface area contributed by atoms with Crippen molar-refractivity contribution in [2.45, 2.75) is 253 Å². The van der Waals surface area contributed by atoms with Gasteiger partial charge in [-0.3, -0.25) is 0 Å². The van der Waals surface area contributed by atoms with Gasteiger partial charge in [-0.05, 0) is 84.5 Å². The Hall–Kier alpha value is -1.72. The van der Waals surface area contributed by atoms with Crippen LogP contribution in [0.5, 0.6) is 0 Å². The van der Waals surface area contributed by atoms with Crippen LogP contribution in [-0.2, 0) is 80.5 Å². The van der Waals surface area contributed by atoms with E-state index in [1.165, 1.54) is 12.7 Å². The van der Waals surface area contributed by atoms with Gasteiger partial charge < -0.3 is 106 Å². The molecular weight excluding hydrogens is 1010 g/mol. The monoisotopic (exact) mass is 1100 g/mol. The van der Waals surface area contributed by atoms with Gasteiger partial charge in [0, 0.05) is 45.5 Å². The van der Waals surface area contributed by atoms with Crippen molar-refractivity contribution in [2.75, 3.05) is 41.7 Å². The molecule has 3 aliphatic carbocycles. The molecule has 2 saturated carbocycles. The molecule has 0 radical (unpaired) electrons. The number of fused-ring (bicyclic) bond motifs is 3. The van der Waals surface area contributed by atoms with Crippen LogP contribution >= 0.6 is 0 Å². The lowest BCUT2D eigenvalue weighted by Gasteiger charge is -2.59. The third-order valence-electron chi connectivity index (χ3n) is 20.0. The van der Waals surface area contributed by atoms with Crippen molar-refractivity contribution >= 4 is 0 Å². The Morgan fingerprint density at radius 1 is 0.649 bits per heavy atom. The molecule has 11 rings (SSSR count). The lowest BCUT2D eigenvalue weighted by molar-refractivity contribution is -0.373. The van der Waals surface area contributed by atoms with Gasteiger partial charge in [-0.1, -0.05) is 25.5 Å². The summed E-state index contributed by atoms with van der Waals surface area (Å²) in [5, 5.41) is 52.4. The van der Waals surface area contributed by atoms with Crippen LogP contribution < -0.4 is 0 Å². The van der Waals surface area contributed by atoms with Gasteiger partial charge in [0.15, 0.2) is 42.5 Å². The largest absolute Gasteiger partial charge is 0.497 e. The Balaban J connectivity index is 0.671. The van der Waals surface area contributed by atoms with Crippen LogP contribution in [0.15, 0.2) is 23.2 Å². The average molecular weight is 1100 g/mol. The van der Waals surface area contributed by atoms with E-state index in [0.717, 1.165) is 38.5 Å². The lowest BCUT2D eigenvalue weighted by Crippen LogP contribution is -2.65. The number of hydrogen-bond donors (Lipinski definition) is 5. The van der Waals surface area contributed by atoms with Crippen LogP contribution in [0.1, 0.15) is 106 Å². The SMILES string of the molecule is COC1=C(OC2CC(OC)C(OC3CC(OC)C(OC4OC(C)C(OC5OC(CO)C(O)C(O)C5O)C(OC)C4O)C(C)O3)C(C)O2)C(C)OC(O[C@H]2CC[C@@]3(C)C(=CC[C@@H]4[C@@H]3CC[C@]3(C)[C@@H]5[C@H]6CO[C@]5(C)O[C@@]43O6)C2)C1. The Kier molecular flexibility index (Phi) is 16.2. The first-order valence-corrected chi connectivity index (χ1v) is 28.2. The minimum atomic E-state index is -1.66. The fourth-order valence-corrected chi connectivity index (χ4v) is 16.1. The third kappa shape index (κ3) is 9.58. The minimum Gasteiger partial charge on any atom is -0.497 e. The van der Waals surface area contributed by atoms with Gasteiger partial charge in [0.05, 0.1) is 75.4 Å². The summed E-state index contributed by atoms with van der Waals surface area (Å²) < 4.78 is 107. The molecule has 438 valence electrons. The maximum Gasteiger partial charge on any atom is 0.202 e. The van der Waals surface area contributed by atoms with Gasteiger partial charge in [-0.2, -0.15) is 0 Å². The number of methoxy groups -OCH3 is 4. The summed E-state index contributed by atoms with van der Waals surface area (Å²) in [5.74, 6) is 1.06. The van der Waals surface area contributed by atoms with Crippen molar-refractivity contribution in [1.29, 1.82) is 0 Å². The molecule has 2 bridgehead atoms. The molecule has 8 heterocycles. The zero-order chi connectivity index (χ0) is 54.7. The molecule has 20 unspecified atom stereocenters. The van der Waals surface area contributed by atoms with Crippen LogP contribution in [0.3, 0.4) is 0 Å². The predicted molar refractivity (Wildman–Crippen MR) is 263 cm³/mol. The van der Waals surface area contributed by atoms with Crippen molar-refractivity contribution < 1.29 is 106 Å². The summed E-state index contributed by atoms with van der Waals surface area (Å²) in [7, 11) is 6.20. The molecule has 11 aliphatic rings. The van der Waals surface area contributed by atoms with Gasteiger partial charge >= 0.3 is 0 Å². The quantitative estimate of drug-likeness (QED) is 0.148. The molecule has 5 N–H and O–H groups in total. The Bertz CT molecular complexity index is 2150. The van der Waals surface area contributed by atoms with E-state index >= 15 is 0 Å². The van der Waals surface area contributed by atoms with E-state index < -0.39 is 141 Å². The van der Waals surface area contributed by atoms with Gasteiger partial charge in [0.25, 0.3) is 0 Å². The molecule has 0 aromatic carbocycles. The number of allylic oxidation sites excluding steroid dienone is 1. The van der Waals surface area contributed by atoms with Crippen molar-refractivity contribution in [2.24, 2.45) is 28.6 Å². The van der Waals surface area contributed by atoms with Gasteiger partial charge in [0.2, 0.25) is 6.29 Å². The van der Waals surface area contributed by atoms with E-state index in [1.54, 1.807) is 28.3 Å². The molecule has 22 heteroatoms. The maximum absolute atomic E-state index is 11.5. The third-order valence-corrected chi connectivity index (χ3v) is 20.0. The average Bonchev–Trinajstić information content (AvgIpc) is 3.94. The van der Waals surface area contributed by atoms with E-state index in [9.17, 15) is 25.5 Å². The van der Waals surface area contributed by atoms with Crippen molar-refractivity contribution in [3.8, 4) is 0 Å². The molecule has 29 atom stereocenters. The van der Waals surface area contributed by atoms with Crippen LogP contribution in [-0.4, -0.2) is 214 Å². The summed E-state index contributed by atoms with van der Waals surface area (Å²) in [6, 6.07) is 0. The van der Waals surface area contributed by atoms with E-state index in [2.05, 4.69) is 26.8 Å². The predicted octanol–water partition coefficient (Wildman–Crippen LogP) is 2.80. The fourth-order valence-electron chi connectivity index (χ4n) is 16.1. The Morgan fingerprint density at radius 3 is 2.01 bits per heavy atom. The fraction of sp³-hybridized carbons (Fsp3) is 0.927. The van der Waals surface area contributed by atoms with Crippen LogP contribution in [0.25, 0.3) is 0 Å². The number of rotatable bonds is 15. The highest BCUT2D eigenvalue weighted by Crippen LogP contribution is 2.76. The lowest BCUT2D eigenvalue weighted by atomic mass is 9.48. The molecule has 0 aromatic heterocycles. The first kappa shape index (κ1) is 57.1. The van der Waals surface area contributed by atoms with Crippen molar-refractivity contribution in [1.82, 2.24) is 0 Å². The molecule has 0 aromatic rings. The molecule has 77 heavy (non-hydrogen) atoms. The molecule has 7 saturated heterocycles. The summed E-state index contributed by atoms with van der Waals surface area (Å²) in [6.45, 7) is 14.3. The first-order chi connectivity index (χ1) is 36.7. The highest BCUT2D eigenvalue weighted by molar-refractivity contribution is 5.30. The zero-order valence-corrected chi connectivity index (χ0v) is 46.5. The molecule has 8 aliphatic heterocycles. The Labute approximate surface area is 451 Å². The van der Waals surface area contributed by atoms with Crippen LogP contribution in [0, 0.1) is 28.6 Å². The first-order valence-electron chi connectivity index (χ1n) is 28.2. The molecule has 0 spiro atoms. The number of ether oxygens (including phenoxy) is 17.